The highest BCUT2D eigenvalue weighted by Gasteiger charge is 2.40. The Kier molecular flexibility index (Phi) is 6.98. The van der Waals surface area contributed by atoms with Gasteiger partial charge < -0.3 is 0 Å². The highest BCUT2D eigenvalue weighted by molar-refractivity contribution is 4.74. The van der Waals surface area contributed by atoms with E-state index >= 15 is 0 Å². The van der Waals surface area contributed by atoms with E-state index in [1.807, 2.05) is 0 Å². The maximum absolute atomic E-state index is 12.5. The molecule has 92 valence electrons. The molecule has 1 unspecified atom stereocenters. The molecule has 0 amide bonds. The van der Waals surface area contributed by atoms with Crippen LogP contribution in [-0.2, 0) is 0 Å². The molecule has 1 nitrogen and oxygen atoms in total. The number of nitrogens with zero attached hydrogens (tertiary/aromatic N) is 1. The lowest BCUT2D eigenvalue weighted by atomic mass is 10.1. The zero-order chi connectivity index (χ0) is 11.9. The van der Waals surface area contributed by atoms with Gasteiger partial charge in [0.1, 0.15) is 6.04 Å². The zero-order valence-electron chi connectivity index (χ0n) is 9.90. The summed E-state index contributed by atoms with van der Waals surface area (Å²) < 4.78 is 37.5. The van der Waals surface area contributed by atoms with E-state index in [2.05, 4.69) is 6.92 Å². The van der Waals surface area contributed by atoms with Crippen LogP contribution in [0.3, 0.4) is 0 Å². The molecule has 0 spiro atoms. The second-order valence-electron chi connectivity index (χ2n) is 4.01. The molecule has 0 aliphatic heterocycles. The van der Waals surface area contributed by atoms with Gasteiger partial charge in [-0.3, -0.25) is 4.90 Å². The Morgan fingerprint density at radius 1 is 1.07 bits per heavy atom. The quantitative estimate of drug-likeness (QED) is 0.595. The van der Waals surface area contributed by atoms with Crippen molar-refractivity contribution >= 4 is 0 Å². The molecule has 0 aromatic rings. The molecule has 15 heavy (non-hydrogen) atoms. The molecule has 0 aliphatic rings. The van der Waals surface area contributed by atoms with Crippen LogP contribution < -0.4 is 0 Å². The predicted octanol–water partition coefficient (Wildman–Crippen LogP) is 3.84. The van der Waals surface area contributed by atoms with Gasteiger partial charge >= 0.3 is 6.18 Å². The standard InChI is InChI=1S/C11H22F3N/c1-4-6-7-8-9-15(3)10(5-2)11(12,13)14/h10H,4-9H2,1-3H3. The van der Waals surface area contributed by atoms with Gasteiger partial charge in [-0.05, 0) is 26.4 Å². The number of unbranched alkanes of at least 4 members (excludes halogenated alkanes) is 3. The summed E-state index contributed by atoms with van der Waals surface area (Å²) in [6, 6.07) is -1.28. The molecule has 4 heteroatoms. The Bertz CT molecular complexity index is 156. The zero-order valence-corrected chi connectivity index (χ0v) is 9.90. The number of alkyl halides is 3. The van der Waals surface area contributed by atoms with Crippen LogP contribution in [0.2, 0.25) is 0 Å². The third-order valence-corrected chi connectivity index (χ3v) is 2.66. The maximum Gasteiger partial charge on any atom is 0.404 e. The van der Waals surface area contributed by atoms with Gasteiger partial charge in [-0.1, -0.05) is 33.1 Å². The van der Waals surface area contributed by atoms with Gasteiger partial charge in [0.2, 0.25) is 0 Å². The first kappa shape index (κ1) is 14.8. The molecule has 1 atom stereocenters. The largest absolute Gasteiger partial charge is 0.404 e. The Hall–Kier alpha value is -0.250. The van der Waals surface area contributed by atoms with E-state index in [-0.39, 0.29) is 6.42 Å². The Morgan fingerprint density at radius 2 is 1.67 bits per heavy atom. The van der Waals surface area contributed by atoms with Crippen molar-refractivity contribution in [2.45, 2.75) is 58.2 Å². The summed E-state index contributed by atoms with van der Waals surface area (Å²) >= 11 is 0. The molecule has 0 aromatic carbocycles. The van der Waals surface area contributed by atoms with Crippen LogP contribution in [0.4, 0.5) is 13.2 Å². The number of rotatable bonds is 7. The van der Waals surface area contributed by atoms with Crippen molar-refractivity contribution in [3.8, 4) is 0 Å². The fourth-order valence-electron chi connectivity index (χ4n) is 1.74. The van der Waals surface area contributed by atoms with Crippen LogP contribution in [-0.4, -0.2) is 30.7 Å². The van der Waals surface area contributed by atoms with Gasteiger partial charge in [-0.2, -0.15) is 13.2 Å². The first-order valence-electron chi connectivity index (χ1n) is 5.70. The van der Waals surface area contributed by atoms with Gasteiger partial charge in [-0.15, -0.1) is 0 Å². The molecule has 0 saturated heterocycles. The van der Waals surface area contributed by atoms with Crippen LogP contribution in [0.15, 0.2) is 0 Å². The van der Waals surface area contributed by atoms with E-state index in [0.717, 1.165) is 25.7 Å². The first-order valence-corrected chi connectivity index (χ1v) is 5.70. The molecule has 0 N–H and O–H groups in total. The third-order valence-electron chi connectivity index (χ3n) is 2.66. The molecule has 0 radical (unpaired) electrons. The molecule has 0 aromatic heterocycles. The average molecular weight is 225 g/mol. The molecular weight excluding hydrogens is 203 g/mol. The fraction of sp³-hybridized carbons (Fsp3) is 1.00. The van der Waals surface area contributed by atoms with E-state index in [4.69, 9.17) is 0 Å². The maximum atomic E-state index is 12.5. The summed E-state index contributed by atoms with van der Waals surface area (Å²) in [5.41, 5.74) is 0. The molecule has 0 saturated carbocycles. The van der Waals surface area contributed by atoms with Crippen LogP contribution in [0.1, 0.15) is 46.0 Å². The lowest BCUT2D eigenvalue weighted by Gasteiger charge is -2.28. The van der Waals surface area contributed by atoms with Crippen LogP contribution >= 0.6 is 0 Å². The number of halogens is 3. The summed E-state index contributed by atoms with van der Waals surface area (Å²) in [7, 11) is 1.56. The van der Waals surface area contributed by atoms with E-state index in [9.17, 15) is 13.2 Å². The van der Waals surface area contributed by atoms with Crippen molar-refractivity contribution in [2.24, 2.45) is 0 Å². The van der Waals surface area contributed by atoms with E-state index in [0.29, 0.717) is 6.54 Å². The Labute approximate surface area is 90.6 Å². The highest BCUT2D eigenvalue weighted by atomic mass is 19.4. The third kappa shape index (κ3) is 6.03. The van der Waals surface area contributed by atoms with E-state index in [1.165, 1.54) is 4.90 Å². The van der Waals surface area contributed by atoms with Crippen molar-refractivity contribution in [1.82, 2.24) is 4.90 Å². The van der Waals surface area contributed by atoms with Gasteiger partial charge in [0.15, 0.2) is 0 Å². The average Bonchev–Trinajstić information content (AvgIpc) is 2.11. The molecule has 0 aliphatic carbocycles. The van der Waals surface area contributed by atoms with Crippen LogP contribution in [0, 0.1) is 0 Å². The molecule has 0 heterocycles. The highest BCUT2D eigenvalue weighted by Crippen LogP contribution is 2.26. The fourth-order valence-corrected chi connectivity index (χ4v) is 1.74. The molecular formula is C11H22F3N. The summed E-state index contributed by atoms with van der Waals surface area (Å²) in [4.78, 5) is 1.43. The lowest BCUT2D eigenvalue weighted by Crippen LogP contribution is -2.43. The number of hydrogen-bond acceptors (Lipinski definition) is 1. The van der Waals surface area contributed by atoms with Gasteiger partial charge in [0.25, 0.3) is 0 Å². The Balaban J connectivity index is 3.89. The van der Waals surface area contributed by atoms with Gasteiger partial charge in [0, 0.05) is 0 Å². The van der Waals surface area contributed by atoms with Crippen LogP contribution in [0.5, 0.6) is 0 Å². The Morgan fingerprint density at radius 3 is 2.07 bits per heavy atom. The second kappa shape index (κ2) is 7.09. The minimum atomic E-state index is -4.09. The van der Waals surface area contributed by atoms with E-state index in [1.54, 1.807) is 14.0 Å². The molecule has 0 rings (SSSR count). The normalized spacial score (nSPS) is 14.6. The topological polar surface area (TPSA) is 3.24 Å². The smallest absolute Gasteiger partial charge is 0.295 e. The SMILES string of the molecule is CCCCCCN(C)C(CC)C(F)(F)F. The van der Waals surface area contributed by atoms with Gasteiger partial charge in [-0.25, -0.2) is 0 Å². The second-order valence-corrected chi connectivity index (χ2v) is 4.01. The first-order chi connectivity index (χ1) is 6.93. The summed E-state index contributed by atoms with van der Waals surface area (Å²) in [5, 5.41) is 0. The summed E-state index contributed by atoms with van der Waals surface area (Å²) in [6.07, 6.45) is 0.144. The van der Waals surface area contributed by atoms with Crippen molar-refractivity contribution in [3.05, 3.63) is 0 Å². The lowest BCUT2D eigenvalue weighted by molar-refractivity contribution is -0.181. The van der Waals surface area contributed by atoms with Gasteiger partial charge in [0.05, 0.1) is 0 Å². The van der Waals surface area contributed by atoms with Crippen LogP contribution in [0.25, 0.3) is 0 Å². The monoisotopic (exact) mass is 225 g/mol. The molecule has 0 fully saturated rings. The van der Waals surface area contributed by atoms with E-state index < -0.39 is 12.2 Å². The minimum absolute atomic E-state index is 0.133. The van der Waals surface area contributed by atoms with Crippen molar-refractivity contribution in [1.29, 1.82) is 0 Å². The predicted molar refractivity (Wildman–Crippen MR) is 56.9 cm³/mol. The minimum Gasteiger partial charge on any atom is -0.295 e. The van der Waals surface area contributed by atoms with Crippen molar-refractivity contribution in [3.63, 3.8) is 0 Å². The van der Waals surface area contributed by atoms with Crippen molar-refractivity contribution in [2.75, 3.05) is 13.6 Å². The number of hydrogen-bond donors (Lipinski definition) is 0. The summed E-state index contributed by atoms with van der Waals surface area (Å²) in [5.74, 6) is 0. The summed E-state index contributed by atoms with van der Waals surface area (Å²) in [6.45, 7) is 4.22. The van der Waals surface area contributed by atoms with Crippen molar-refractivity contribution < 1.29 is 13.2 Å². The molecule has 0 bridgehead atoms.